The number of anilines is 1. The molecule has 0 fully saturated rings. The van der Waals surface area contributed by atoms with Gasteiger partial charge in [0, 0.05) is 12.5 Å². The fourth-order valence-electron chi connectivity index (χ4n) is 1.29. The van der Waals surface area contributed by atoms with Gasteiger partial charge in [-0.2, -0.15) is 0 Å². The second kappa shape index (κ2) is 5.93. The van der Waals surface area contributed by atoms with E-state index >= 15 is 0 Å². The van der Waals surface area contributed by atoms with Crippen molar-refractivity contribution in [2.24, 2.45) is 5.14 Å². The molecule has 4 N–H and O–H groups in total. The van der Waals surface area contributed by atoms with Gasteiger partial charge in [-0.25, -0.2) is 28.3 Å². The predicted molar refractivity (Wildman–Crippen MR) is 69.5 cm³/mol. The van der Waals surface area contributed by atoms with Crippen LogP contribution in [-0.2, 0) is 10.0 Å². The van der Waals surface area contributed by atoms with Gasteiger partial charge in [0.15, 0.2) is 5.69 Å². The fourth-order valence-corrected chi connectivity index (χ4v) is 1.68. The molecule has 1 heterocycles. The van der Waals surface area contributed by atoms with Crippen molar-refractivity contribution in [1.29, 1.82) is 0 Å². The smallest absolute Gasteiger partial charge is 0.356 e. The second-order valence-corrected chi connectivity index (χ2v) is 5.98. The number of carboxylic acid groups (broad SMARTS) is 1. The number of nitrogens with one attached hydrogen (secondary N) is 1. The van der Waals surface area contributed by atoms with Gasteiger partial charge in [-0.05, 0) is 0 Å². The van der Waals surface area contributed by atoms with Crippen LogP contribution < -0.4 is 10.5 Å². The van der Waals surface area contributed by atoms with Crippen molar-refractivity contribution >= 4 is 21.7 Å². The molecule has 0 spiro atoms. The third-order valence-electron chi connectivity index (χ3n) is 2.23. The Morgan fingerprint density at radius 3 is 2.63 bits per heavy atom. The lowest BCUT2D eigenvalue weighted by Gasteiger charge is -2.10. The molecule has 0 aliphatic rings. The van der Waals surface area contributed by atoms with E-state index in [-0.39, 0.29) is 29.6 Å². The normalized spacial score (nSPS) is 11.6. The molecular weight excluding hydrogens is 272 g/mol. The van der Waals surface area contributed by atoms with E-state index in [9.17, 15) is 13.2 Å². The van der Waals surface area contributed by atoms with E-state index < -0.39 is 16.0 Å². The SMILES string of the molecule is CC(C)c1ncc(NCCS(N)(=O)=O)c(C(=O)O)n1. The summed E-state index contributed by atoms with van der Waals surface area (Å²) in [7, 11) is -3.60. The Morgan fingerprint density at radius 1 is 1.53 bits per heavy atom. The Morgan fingerprint density at radius 2 is 2.16 bits per heavy atom. The lowest BCUT2D eigenvalue weighted by molar-refractivity contribution is 0.0691. The molecule has 0 aliphatic carbocycles. The Labute approximate surface area is 111 Å². The van der Waals surface area contributed by atoms with Crippen molar-refractivity contribution < 1.29 is 18.3 Å². The number of aromatic nitrogens is 2. The van der Waals surface area contributed by atoms with Gasteiger partial charge in [-0.1, -0.05) is 13.8 Å². The third-order valence-corrected chi connectivity index (χ3v) is 3.00. The maximum absolute atomic E-state index is 11.1. The third kappa shape index (κ3) is 4.79. The maximum atomic E-state index is 11.1. The van der Waals surface area contributed by atoms with Crippen LogP contribution in [0.3, 0.4) is 0 Å². The Balaban J connectivity index is 2.91. The first-order valence-corrected chi connectivity index (χ1v) is 7.27. The molecule has 1 aromatic rings. The Kier molecular flexibility index (Phi) is 4.78. The van der Waals surface area contributed by atoms with Crippen LogP contribution in [0, 0.1) is 0 Å². The molecule has 0 saturated carbocycles. The zero-order valence-corrected chi connectivity index (χ0v) is 11.4. The Hall–Kier alpha value is -1.74. The molecule has 0 amide bonds. The molecule has 106 valence electrons. The van der Waals surface area contributed by atoms with E-state index in [0.717, 1.165) is 0 Å². The average Bonchev–Trinajstić information content (AvgIpc) is 2.27. The summed E-state index contributed by atoms with van der Waals surface area (Å²) in [5, 5.41) is 16.6. The van der Waals surface area contributed by atoms with Crippen molar-refractivity contribution in [3.63, 3.8) is 0 Å². The average molecular weight is 288 g/mol. The van der Waals surface area contributed by atoms with Crippen molar-refractivity contribution in [2.75, 3.05) is 17.6 Å². The van der Waals surface area contributed by atoms with Crippen LogP contribution in [0.4, 0.5) is 5.69 Å². The Bertz CT molecular complexity index is 571. The monoisotopic (exact) mass is 288 g/mol. The number of primary sulfonamides is 1. The summed E-state index contributed by atoms with van der Waals surface area (Å²) >= 11 is 0. The number of aromatic carboxylic acids is 1. The zero-order chi connectivity index (χ0) is 14.6. The molecule has 8 nitrogen and oxygen atoms in total. The number of nitrogens with two attached hydrogens (primary N) is 1. The zero-order valence-electron chi connectivity index (χ0n) is 10.6. The first-order chi connectivity index (χ1) is 8.70. The minimum absolute atomic E-state index is 0.00318. The van der Waals surface area contributed by atoms with E-state index in [4.69, 9.17) is 10.2 Å². The number of rotatable bonds is 6. The van der Waals surface area contributed by atoms with Crippen molar-refractivity contribution in [3.05, 3.63) is 17.7 Å². The van der Waals surface area contributed by atoms with Crippen molar-refractivity contribution in [2.45, 2.75) is 19.8 Å². The predicted octanol–water partition coefficient (Wildman–Crippen LogP) is -0.00140. The first kappa shape index (κ1) is 15.3. The van der Waals surface area contributed by atoms with Crippen molar-refractivity contribution in [1.82, 2.24) is 9.97 Å². The van der Waals surface area contributed by atoms with Crippen LogP contribution in [0.5, 0.6) is 0 Å². The van der Waals surface area contributed by atoms with Gasteiger partial charge >= 0.3 is 5.97 Å². The van der Waals surface area contributed by atoms with Gasteiger partial charge in [0.2, 0.25) is 10.0 Å². The van der Waals surface area contributed by atoms with E-state index in [0.29, 0.717) is 5.82 Å². The molecule has 0 aromatic carbocycles. The summed E-state index contributed by atoms with van der Waals surface area (Å²) in [4.78, 5) is 19.0. The number of nitrogens with zero attached hydrogens (tertiary/aromatic N) is 2. The summed E-state index contributed by atoms with van der Waals surface area (Å²) < 4.78 is 21.5. The van der Waals surface area contributed by atoms with Gasteiger partial charge in [-0.3, -0.25) is 0 Å². The lowest BCUT2D eigenvalue weighted by Crippen LogP contribution is -2.23. The number of sulfonamides is 1. The highest BCUT2D eigenvalue weighted by Gasteiger charge is 2.15. The van der Waals surface area contributed by atoms with Crippen molar-refractivity contribution in [3.8, 4) is 0 Å². The first-order valence-electron chi connectivity index (χ1n) is 5.55. The van der Waals surface area contributed by atoms with Crippen LogP contribution in [0.1, 0.15) is 36.1 Å². The van der Waals surface area contributed by atoms with Crippen LogP contribution in [0.25, 0.3) is 0 Å². The summed E-state index contributed by atoms with van der Waals surface area (Å²) in [5.74, 6) is -1.11. The molecule has 0 atom stereocenters. The van der Waals surface area contributed by atoms with E-state index in [1.165, 1.54) is 6.20 Å². The maximum Gasteiger partial charge on any atom is 0.356 e. The fraction of sp³-hybridized carbons (Fsp3) is 0.500. The number of carbonyl (C=O) groups is 1. The van der Waals surface area contributed by atoms with Crippen LogP contribution in [0.15, 0.2) is 6.20 Å². The van der Waals surface area contributed by atoms with Gasteiger partial charge < -0.3 is 10.4 Å². The van der Waals surface area contributed by atoms with Gasteiger partial charge in [0.1, 0.15) is 5.82 Å². The highest BCUT2D eigenvalue weighted by molar-refractivity contribution is 7.89. The molecule has 0 radical (unpaired) electrons. The van der Waals surface area contributed by atoms with E-state index in [1.54, 1.807) is 0 Å². The molecule has 9 heteroatoms. The van der Waals surface area contributed by atoms with Gasteiger partial charge in [0.05, 0.1) is 17.6 Å². The summed E-state index contributed by atoms with van der Waals surface area (Å²) in [6.07, 6.45) is 1.33. The molecule has 0 aliphatic heterocycles. The van der Waals surface area contributed by atoms with E-state index in [2.05, 4.69) is 15.3 Å². The van der Waals surface area contributed by atoms with E-state index in [1.807, 2.05) is 13.8 Å². The standard InChI is InChI=1S/C10H16N4O4S/c1-6(2)9-13-5-7(8(14-9)10(15)16)12-3-4-19(11,17)18/h5-6,12H,3-4H2,1-2H3,(H,15,16)(H2,11,17,18). The number of carboxylic acids is 1. The largest absolute Gasteiger partial charge is 0.476 e. The highest BCUT2D eigenvalue weighted by Crippen LogP contribution is 2.16. The van der Waals surface area contributed by atoms with Crippen LogP contribution in [-0.4, -0.2) is 41.8 Å². The molecule has 0 unspecified atom stereocenters. The molecular formula is C10H16N4O4S. The van der Waals surface area contributed by atoms with Gasteiger partial charge in [0.25, 0.3) is 0 Å². The summed E-state index contributed by atoms with van der Waals surface area (Å²) in [6, 6.07) is 0. The van der Waals surface area contributed by atoms with Crippen LogP contribution >= 0.6 is 0 Å². The molecule has 0 saturated heterocycles. The second-order valence-electron chi connectivity index (χ2n) is 4.24. The number of hydrogen-bond acceptors (Lipinski definition) is 6. The summed E-state index contributed by atoms with van der Waals surface area (Å²) in [6.45, 7) is 3.67. The minimum atomic E-state index is -3.60. The molecule has 1 rings (SSSR count). The molecule has 0 bridgehead atoms. The minimum Gasteiger partial charge on any atom is -0.476 e. The molecule has 19 heavy (non-hydrogen) atoms. The summed E-state index contributed by atoms with van der Waals surface area (Å²) in [5.41, 5.74) is -0.0198. The lowest BCUT2D eigenvalue weighted by atomic mass is 10.2. The van der Waals surface area contributed by atoms with Gasteiger partial charge in [-0.15, -0.1) is 0 Å². The highest BCUT2D eigenvalue weighted by atomic mass is 32.2. The molecule has 1 aromatic heterocycles. The topological polar surface area (TPSA) is 135 Å². The number of hydrogen-bond donors (Lipinski definition) is 3. The van der Waals surface area contributed by atoms with Crippen LogP contribution in [0.2, 0.25) is 0 Å². The quantitative estimate of drug-likeness (QED) is 0.670.